The van der Waals surface area contributed by atoms with Gasteiger partial charge in [-0.25, -0.2) is 9.78 Å². The molecule has 2 aromatic heterocycles. The van der Waals surface area contributed by atoms with Crippen molar-refractivity contribution < 1.29 is 24.5 Å². The first-order chi connectivity index (χ1) is 16.8. The molecule has 1 amide bonds. The molecule has 5 N–H and O–H groups in total. The van der Waals surface area contributed by atoms with E-state index in [0.717, 1.165) is 0 Å². The summed E-state index contributed by atoms with van der Waals surface area (Å²) in [6, 6.07) is 8.32. The Balaban J connectivity index is 1.68. The number of hydrogen-bond donors (Lipinski definition) is 5. The number of amides is 1. The van der Waals surface area contributed by atoms with E-state index in [1.807, 2.05) is 0 Å². The van der Waals surface area contributed by atoms with Crippen molar-refractivity contribution in [3.8, 4) is 6.01 Å². The predicted molar refractivity (Wildman–Crippen MR) is 129 cm³/mol. The topological polar surface area (TPSA) is 171 Å². The van der Waals surface area contributed by atoms with Crippen LogP contribution in [-0.2, 0) is 11.2 Å². The van der Waals surface area contributed by atoms with Crippen LogP contribution in [0, 0.1) is 0 Å². The van der Waals surface area contributed by atoms with Gasteiger partial charge in [-0.1, -0.05) is 35.3 Å². The molecule has 0 saturated heterocycles. The Hall–Kier alpha value is -3.74. The summed E-state index contributed by atoms with van der Waals surface area (Å²) in [5.74, 6) is -1.45. The van der Waals surface area contributed by atoms with Crippen LogP contribution in [0.15, 0.2) is 36.4 Å². The molecule has 12 nitrogen and oxygen atoms in total. The molecule has 1 aromatic carbocycles. The number of pyridine rings is 1. The number of aliphatic carboxylic acids is 1. The lowest BCUT2D eigenvalue weighted by molar-refractivity contribution is -0.137. The van der Waals surface area contributed by atoms with Crippen LogP contribution in [0.4, 0.5) is 17.6 Å². The number of carbonyl (C=O) groups excluding carboxylic acids is 1. The second-order valence-corrected chi connectivity index (χ2v) is 7.79. The first-order valence-electron chi connectivity index (χ1n) is 10.1. The van der Waals surface area contributed by atoms with Crippen molar-refractivity contribution >= 4 is 52.7 Å². The molecule has 2 heterocycles. The lowest BCUT2D eigenvalue weighted by Crippen LogP contribution is -2.32. The summed E-state index contributed by atoms with van der Waals surface area (Å²) in [5.41, 5.74) is 1.41. The first kappa shape index (κ1) is 25.9. The van der Waals surface area contributed by atoms with E-state index in [9.17, 15) is 14.7 Å². The molecule has 3 aromatic rings. The van der Waals surface area contributed by atoms with Gasteiger partial charge < -0.3 is 30.9 Å². The fourth-order valence-electron chi connectivity index (χ4n) is 2.87. The van der Waals surface area contributed by atoms with E-state index in [1.54, 1.807) is 24.3 Å². The molecule has 35 heavy (non-hydrogen) atoms. The third-order valence-electron chi connectivity index (χ3n) is 4.47. The van der Waals surface area contributed by atoms with Crippen LogP contribution in [0.1, 0.15) is 15.9 Å². The summed E-state index contributed by atoms with van der Waals surface area (Å²) in [5, 5.41) is 27.1. The van der Waals surface area contributed by atoms with Gasteiger partial charge >= 0.3 is 12.0 Å². The van der Waals surface area contributed by atoms with Crippen molar-refractivity contribution in [2.75, 3.05) is 36.2 Å². The van der Waals surface area contributed by atoms with Crippen LogP contribution in [0.5, 0.6) is 6.01 Å². The first-order valence-corrected chi connectivity index (χ1v) is 10.9. The largest absolute Gasteiger partial charge is 0.480 e. The second kappa shape index (κ2) is 12.1. The van der Waals surface area contributed by atoms with Gasteiger partial charge in [0.1, 0.15) is 16.3 Å². The Morgan fingerprint density at radius 2 is 1.69 bits per heavy atom. The minimum Gasteiger partial charge on any atom is -0.480 e. The van der Waals surface area contributed by atoms with E-state index in [2.05, 4.69) is 35.9 Å². The number of carbonyl (C=O) groups is 2. The monoisotopic (exact) mass is 521 g/mol. The van der Waals surface area contributed by atoms with Gasteiger partial charge in [0.2, 0.25) is 11.9 Å². The number of aliphatic hydroxyl groups is 1. The van der Waals surface area contributed by atoms with Gasteiger partial charge in [0.25, 0.3) is 5.91 Å². The number of aliphatic hydroxyl groups excluding tert-OH is 1. The molecular weight excluding hydrogens is 501 g/mol. The Bertz CT molecular complexity index is 1180. The van der Waals surface area contributed by atoms with E-state index >= 15 is 0 Å². The zero-order valence-electron chi connectivity index (χ0n) is 18.3. The lowest BCUT2D eigenvalue weighted by atomic mass is 10.1. The number of carboxylic acid groups (broad SMARTS) is 1. The number of ether oxygens (including phenoxy) is 1. The number of benzene rings is 1. The van der Waals surface area contributed by atoms with E-state index in [0.29, 0.717) is 11.3 Å². The summed E-state index contributed by atoms with van der Waals surface area (Å²) in [4.78, 5) is 40.2. The lowest BCUT2D eigenvalue weighted by Gasteiger charge is -2.16. The molecule has 1 atom stereocenters. The number of aromatic nitrogens is 4. The van der Waals surface area contributed by atoms with Crippen molar-refractivity contribution in [2.24, 2.45) is 0 Å². The zero-order valence-corrected chi connectivity index (χ0v) is 19.8. The fraction of sp³-hybridized carbons (Fsp3) is 0.238. The normalized spacial score (nSPS) is 11.4. The molecule has 0 spiro atoms. The number of hydrogen-bond acceptors (Lipinski definition) is 10. The number of anilines is 3. The van der Waals surface area contributed by atoms with E-state index in [-0.39, 0.29) is 53.3 Å². The third kappa shape index (κ3) is 7.64. The molecule has 0 aliphatic rings. The Kier molecular flexibility index (Phi) is 8.95. The van der Waals surface area contributed by atoms with Crippen molar-refractivity contribution in [1.29, 1.82) is 0 Å². The average Bonchev–Trinajstić information content (AvgIpc) is 2.82. The molecule has 0 bridgehead atoms. The van der Waals surface area contributed by atoms with Crippen molar-refractivity contribution in [3.05, 3.63) is 57.8 Å². The highest BCUT2D eigenvalue weighted by Gasteiger charge is 2.20. The maximum absolute atomic E-state index is 12.4. The zero-order chi connectivity index (χ0) is 25.4. The highest BCUT2D eigenvalue weighted by molar-refractivity contribution is 6.33. The second-order valence-electron chi connectivity index (χ2n) is 7.01. The maximum Gasteiger partial charge on any atom is 0.326 e. The van der Waals surface area contributed by atoms with Crippen LogP contribution in [0.2, 0.25) is 10.3 Å². The summed E-state index contributed by atoms with van der Waals surface area (Å²) in [6.07, 6.45) is 0.0898. The van der Waals surface area contributed by atoms with Crippen LogP contribution in [-0.4, -0.2) is 68.3 Å². The summed E-state index contributed by atoms with van der Waals surface area (Å²) in [7, 11) is 1.36. The highest BCUT2D eigenvalue weighted by Crippen LogP contribution is 2.18. The van der Waals surface area contributed by atoms with Gasteiger partial charge in [0.05, 0.1) is 13.7 Å². The predicted octanol–water partition coefficient (Wildman–Crippen LogP) is 2.35. The molecular formula is C21H21Cl2N7O5. The highest BCUT2D eigenvalue weighted by atomic mass is 35.5. The van der Waals surface area contributed by atoms with Crippen LogP contribution in [0.3, 0.4) is 0 Å². The van der Waals surface area contributed by atoms with Gasteiger partial charge in [-0.05, 0) is 29.8 Å². The quantitative estimate of drug-likeness (QED) is 0.234. The summed E-state index contributed by atoms with van der Waals surface area (Å²) >= 11 is 11.7. The van der Waals surface area contributed by atoms with Crippen LogP contribution < -0.4 is 20.7 Å². The number of nitrogens with one attached hydrogen (secondary N) is 3. The number of nitrogens with zero attached hydrogens (tertiary/aromatic N) is 4. The number of rotatable bonds is 11. The smallest absolute Gasteiger partial charge is 0.326 e. The molecule has 0 radical (unpaired) electrons. The molecule has 14 heteroatoms. The van der Waals surface area contributed by atoms with Gasteiger partial charge in [0.15, 0.2) is 0 Å². The Morgan fingerprint density at radius 1 is 1.03 bits per heavy atom. The molecule has 184 valence electrons. The minimum atomic E-state index is -1.13. The fourth-order valence-corrected chi connectivity index (χ4v) is 3.33. The standard InChI is InChI=1S/C21H21Cl2N7O5/c1-35-21-29-19(24-6-7-31)28-20(30-21)26-14(18(33)34)8-11-2-4-13(5-3-11)25-17(32)12-9-15(22)27-16(23)10-12/h2-5,9-10,14,31H,6-8H2,1H3,(H,25,32)(H,33,34)(H2,24,26,28,29,30)/t14-/m0/s1. The third-order valence-corrected chi connectivity index (χ3v) is 4.86. The van der Waals surface area contributed by atoms with E-state index in [4.69, 9.17) is 33.0 Å². The Labute approximate surface area is 209 Å². The number of methoxy groups -OCH3 is 1. The van der Waals surface area contributed by atoms with Gasteiger partial charge in [-0.15, -0.1) is 0 Å². The SMILES string of the molecule is COc1nc(NCCO)nc(N[C@@H](Cc2ccc(NC(=O)c3cc(Cl)nc(Cl)c3)cc2)C(=O)O)n1. The van der Waals surface area contributed by atoms with Crippen LogP contribution in [0.25, 0.3) is 0 Å². The van der Waals surface area contributed by atoms with E-state index in [1.165, 1.54) is 19.2 Å². The molecule has 3 rings (SSSR count). The molecule has 0 saturated carbocycles. The molecule has 0 unspecified atom stereocenters. The molecule has 0 aliphatic carbocycles. The number of halogens is 2. The maximum atomic E-state index is 12.4. The van der Waals surface area contributed by atoms with E-state index < -0.39 is 17.9 Å². The van der Waals surface area contributed by atoms with Gasteiger partial charge in [-0.2, -0.15) is 15.0 Å². The van der Waals surface area contributed by atoms with Gasteiger partial charge in [-0.3, -0.25) is 4.79 Å². The van der Waals surface area contributed by atoms with Gasteiger partial charge in [0, 0.05) is 24.2 Å². The average molecular weight is 522 g/mol. The number of carboxylic acids is 1. The Morgan fingerprint density at radius 3 is 2.29 bits per heavy atom. The molecule has 0 fully saturated rings. The molecule has 0 aliphatic heterocycles. The summed E-state index contributed by atoms with van der Waals surface area (Å²) < 4.78 is 5.02. The minimum absolute atomic E-state index is 0.0109. The van der Waals surface area contributed by atoms with Crippen molar-refractivity contribution in [2.45, 2.75) is 12.5 Å². The van der Waals surface area contributed by atoms with Crippen molar-refractivity contribution in [3.63, 3.8) is 0 Å². The summed E-state index contributed by atoms with van der Waals surface area (Å²) in [6.45, 7) is 0.0497. The van der Waals surface area contributed by atoms with Crippen LogP contribution >= 0.6 is 23.2 Å². The van der Waals surface area contributed by atoms with Crippen molar-refractivity contribution in [1.82, 2.24) is 19.9 Å².